The zero-order chi connectivity index (χ0) is 29.7. The monoisotopic (exact) mass is 550 g/mol. The fraction of sp³-hybridized carbons (Fsp3) is 0.621. The van der Waals surface area contributed by atoms with Crippen LogP contribution in [0.1, 0.15) is 91.2 Å². The summed E-state index contributed by atoms with van der Waals surface area (Å²) in [6.45, 7) is 12.1. The second kappa shape index (κ2) is 16.5. The van der Waals surface area contributed by atoms with Gasteiger partial charge in [-0.1, -0.05) is 38.1 Å². The van der Waals surface area contributed by atoms with Gasteiger partial charge < -0.3 is 24.1 Å². The molecule has 1 aromatic carbocycles. The number of carboxylic acid groups (broad SMARTS) is 1. The van der Waals surface area contributed by atoms with Gasteiger partial charge in [-0.2, -0.15) is 0 Å². The number of benzene rings is 1. The first-order chi connectivity index (χ1) is 18.2. The van der Waals surface area contributed by atoms with Crippen LogP contribution in [0.25, 0.3) is 0 Å². The lowest BCUT2D eigenvalue weighted by Gasteiger charge is -2.19. The third kappa shape index (κ3) is 14.3. The van der Waals surface area contributed by atoms with Crippen molar-refractivity contribution in [2.75, 3.05) is 0 Å². The van der Waals surface area contributed by atoms with Crippen molar-refractivity contribution >= 4 is 29.8 Å². The first-order valence-electron chi connectivity index (χ1n) is 13.3. The Morgan fingerprint density at radius 3 is 1.38 bits per heavy atom. The molecule has 0 saturated carbocycles. The van der Waals surface area contributed by atoms with Gasteiger partial charge in [0, 0.05) is 0 Å². The van der Waals surface area contributed by atoms with Gasteiger partial charge in [0.2, 0.25) is 0 Å². The van der Waals surface area contributed by atoms with E-state index in [9.17, 15) is 24.0 Å². The number of hydrogen-bond acceptors (Lipinski definition) is 9. The number of esters is 4. The number of carbonyl (C=O) groups excluding carboxylic acids is 4. The molecule has 5 atom stereocenters. The quantitative estimate of drug-likeness (QED) is 0.233. The van der Waals surface area contributed by atoms with Crippen LogP contribution in [-0.2, 0) is 49.3 Å². The molecule has 39 heavy (non-hydrogen) atoms. The van der Waals surface area contributed by atoms with E-state index in [1.807, 2.05) is 24.3 Å². The van der Waals surface area contributed by atoms with Gasteiger partial charge in [0.1, 0.15) is 24.4 Å². The summed E-state index contributed by atoms with van der Waals surface area (Å²) in [6.07, 6.45) is -3.16. The van der Waals surface area contributed by atoms with Crippen LogP contribution in [0, 0.1) is 5.92 Å². The van der Waals surface area contributed by atoms with E-state index in [4.69, 9.17) is 24.1 Å². The average Bonchev–Trinajstić information content (AvgIpc) is 2.77. The largest absolute Gasteiger partial charge is 0.481 e. The highest BCUT2D eigenvalue weighted by Gasteiger charge is 2.24. The Balaban J connectivity index is 2.40. The molecule has 0 saturated heterocycles. The van der Waals surface area contributed by atoms with Crippen LogP contribution in [0.5, 0.6) is 0 Å². The standard InChI is InChI=1S/C29H42O10/c1-17(2)12-23-8-10-24(11-9-23)22(7)29(35)39-21(6)16-28(34)38-20(5)15-27(33)37-19(4)14-26(32)36-18(3)13-25(30)31/h8-11,17-22H,12-16H2,1-7H3,(H,30,31). The van der Waals surface area contributed by atoms with E-state index in [1.165, 1.54) is 26.3 Å². The molecular formula is C29H42O10. The molecule has 1 aromatic rings. The van der Waals surface area contributed by atoms with E-state index in [2.05, 4.69) is 13.8 Å². The number of carbonyl (C=O) groups is 5. The van der Waals surface area contributed by atoms with Crippen LogP contribution in [0.15, 0.2) is 24.3 Å². The van der Waals surface area contributed by atoms with Crippen LogP contribution in [-0.4, -0.2) is 59.4 Å². The SMILES string of the molecule is CC(C)Cc1ccc(C(C)C(=O)OC(C)CC(=O)OC(C)CC(=O)OC(C)CC(=O)OC(C)CC(=O)O)cc1. The maximum atomic E-state index is 12.6. The zero-order valence-corrected chi connectivity index (χ0v) is 23.9. The molecule has 0 amide bonds. The zero-order valence-electron chi connectivity index (χ0n) is 23.9. The number of ether oxygens (including phenoxy) is 4. The number of carboxylic acids is 1. The lowest BCUT2D eigenvalue weighted by Crippen LogP contribution is -2.27. The maximum Gasteiger partial charge on any atom is 0.313 e. The summed E-state index contributed by atoms with van der Waals surface area (Å²) in [5.41, 5.74) is 2.02. The minimum atomic E-state index is -1.09. The van der Waals surface area contributed by atoms with Gasteiger partial charge in [-0.05, 0) is 58.1 Å². The lowest BCUT2D eigenvalue weighted by atomic mass is 9.97. The third-order valence-electron chi connectivity index (χ3n) is 5.62. The molecule has 0 bridgehead atoms. The fourth-order valence-electron chi connectivity index (χ4n) is 3.78. The summed E-state index contributed by atoms with van der Waals surface area (Å²) < 4.78 is 20.8. The molecule has 10 heteroatoms. The molecule has 0 aliphatic heterocycles. The molecule has 0 aliphatic rings. The molecule has 10 nitrogen and oxygen atoms in total. The Morgan fingerprint density at radius 2 is 1.00 bits per heavy atom. The smallest absolute Gasteiger partial charge is 0.313 e. The Labute approximate surface area is 230 Å². The first kappa shape index (κ1) is 33.6. The second-order valence-electron chi connectivity index (χ2n) is 10.4. The van der Waals surface area contributed by atoms with E-state index >= 15 is 0 Å². The number of aliphatic carboxylic acids is 1. The van der Waals surface area contributed by atoms with Crippen LogP contribution in [0.2, 0.25) is 0 Å². The van der Waals surface area contributed by atoms with Crippen molar-refractivity contribution < 1.29 is 48.0 Å². The molecule has 5 unspecified atom stereocenters. The van der Waals surface area contributed by atoms with Crippen LogP contribution >= 0.6 is 0 Å². The Kier molecular flexibility index (Phi) is 14.2. The minimum absolute atomic E-state index is 0.179. The van der Waals surface area contributed by atoms with Crippen molar-refractivity contribution in [1.82, 2.24) is 0 Å². The van der Waals surface area contributed by atoms with Crippen molar-refractivity contribution in [2.24, 2.45) is 5.92 Å². The number of rotatable bonds is 16. The molecule has 1 rings (SSSR count). The average molecular weight is 551 g/mol. The van der Waals surface area contributed by atoms with Crippen molar-refractivity contribution in [2.45, 2.75) is 111 Å². The van der Waals surface area contributed by atoms with E-state index in [0.29, 0.717) is 5.92 Å². The van der Waals surface area contributed by atoms with Crippen molar-refractivity contribution in [3.63, 3.8) is 0 Å². The Bertz CT molecular complexity index is 969. The molecule has 1 N–H and O–H groups in total. The molecule has 0 fully saturated rings. The molecule has 0 aromatic heterocycles. The summed E-state index contributed by atoms with van der Waals surface area (Å²) >= 11 is 0. The van der Waals surface area contributed by atoms with Gasteiger partial charge in [-0.15, -0.1) is 0 Å². The van der Waals surface area contributed by atoms with Crippen LogP contribution in [0.4, 0.5) is 0 Å². The fourth-order valence-corrected chi connectivity index (χ4v) is 3.78. The summed E-state index contributed by atoms with van der Waals surface area (Å²) in [5, 5.41) is 8.70. The van der Waals surface area contributed by atoms with Gasteiger partial charge in [-0.25, -0.2) is 0 Å². The Hall–Kier alpha value is -3.43. The van der Waals surface area contributed by atoms with E-state index in [0.717, 1.165) is 12.0 Å². The minimum Gasteiger partial charge on any atom is -0.481 e. The topological polar surface area (TPSA) is 143 Å². The predicted octanol–water partition coefficient (Wildman–Crippen LogP) is 4.36. The van der Waals surface area contributed by atoms with Gasteiger partial charge in [0.15, 0.2) is 0 Å². The molecule has 0 radical (unpaired) electrons. The third-order valence-corrected chi connectivity index (χ3v) is 5.62. The van der Waals surface area contributed by atoms with E-state index in [-0.39, 0.29) is 25.7 Å². The normalized spacial score (nSPS) is 14.9. The number of hydrogen-bond donors (Lipinski definition) is 1. The summed E-state index contributed by atoms with van der Waals surface area (Å²) in [5.74, 6) is -3.51. The molecule has 0 spiro atoms. The van der Waals surface area contributed by atoms with Gasteiger partial charge >= 0.3 is 29.8 Å². The lowest BCUT2D eigenvalue weighted by molar-refractivity contribution is -0.160. The van der Waals surface area contributed by atoms with E-state index in [1.54, 1.807) is 13.8 Å². The molecule has 218 valence electrons. The van der Waals surface area contributed by atoms with E-state index < -0.39 is 60.2 Å². The molecule has 0 aliphatic carbocycles. The summed E-state index contributed by atoms with van der Waals surface area (Å²) in [7, 11) is 0. The van der Waals surface area contributed by atoms with Crippen LogP contribution < -0.4 is 0 Å². The highest BCUT2D eigenvalue weighted by molar-refractivity contribution is 5.78. The summed E-state index contributed by atoms with van der Waals surface area (Å²) in [4.78, 5) is 59.4. The first-order valence-corrected chi connectivity index (χ1v) is 13.3. The Morgan fingerprint density at radius 1 is 0.615 bits per heavy atom. The van der Waals surface area contributed by atoms with Crippen molar-refractivity contribution in [3.05, 3.63) is 35.4 Å². The molecule has 0 heterocycles. The second-order valence-corrected chi connectivity index (χ2v) is 10.4. The highest BCUT2D eigenvalue weighted by Crippen LogP contribution is 2.20. The van der Waals surface area contributed by atoms with Gasteiger partial charge in [0.25, 0.3) is 0 Å². The summed E-state index contributed by atoms with van der Waals surface area (Å²) in [6, 6.07) is 7.82. The predicted molar refractivity (Wildman–Crippen MR) is 142 cm³/mol. The maximum absolute atomic E-state index is 12.6. The van der Waals surface area contributed by atoms with Crippen LogP contribution in [0.3, 0.4) is 0 Å². The van der Waals surface area contributed by atoms with Gasteiger partial charge in [-0.3, -0.25) is 24.0 Å². The van der Waals surface area contributed by atoms with Crippen molar-refractivity contribution in [3.8, 4) is 0 Å². The van der Waals surface area contributed by atoms with Crippen molar-refractivity contribution in [1.29, 1.82) is 0 Å². The highest BCUT2D eigenvalue weighted by atomic mass is 16.6. The van der Waals surface area contributed by atoms with Gasteiger partial charge in [0.05, 0.1) is 31.6 Å². The molecular weight excluding hydrogens is 508 g/mol.